The minimum absolute atomic E-state index is 0.0194. The maximum Gasteiger partial charge on any atom is 0.241 e. The van der Waals surface area contributed by atoms with Gasteiger partial charge >= 0.3 is 0 Å². The van der Waals surface area contributed by atoms with Crippen molar-refractivity contribution in [1.29, 1.82) is 0 Å². The molecule has 0 unspecified atom stereocenters. The number of para-hydroxylation sites is 1. The van der Waals surface area contributed by atoms with Crippen LogP contribution in [0, 0.1) is 5.92 Å². The summed E-state index contributed by atoms with van der Waals surface area (Å²) in [5.41, 5.74) is 8.09. The second-order valence-corrected chi connectivity index (χ2v) is 8.83. The summed E-state index contributed by atoms with van der Waals surface area (Å²) in [5.74, 6) is 0.0918. The molecule has 3 rings (SSSR count). The molecule has 0 aliphatic carbocycles. The van der Waals surface area contributed by atoms with E-state index in [9.17, 15) is 13.2 Å². The Kier molecular flexibility index (Phi) is 5.53. The lowest BCUT2D eigenvalue weighted by atomic mass is 9.96. The van der Waals surface area contributed by atoms with Crippen LogP contribution in [0.1, 0.15) is 38.3 Å². The summed E-state index contributed by atoms with van der Waals surface area (Å²) in [4.78, 5) is 13.7. The first-order chi connectivity index (χ1) is 12.8. The number of carbonyl (C=O) groups is 1. The van der Waals surface area contributed by atoms with Crippen LogP contribution < -0.4 is 15.4 Å². The molecule has 2 aromatic carbocycles. The van der Waals surface area contributed by atoms with Crippen molar-refractivity contribution in [3.63, 3.8) is 0 Å². The Balaban J connectivity index is 1.84. The van der Waals surface area contributed by atoms with E-state index in [1.807, 2.05) is 32.0 Å². The molecule has 0 radical (unpaired) electrons. The summed E-state index contributed by atoms with van der Waals surface area (Å²) in [7, 11) is -3.73. The molecular formula is C20H25N3O3S. The molecule has 0 saturated carbocycles. The number of rotatable bonds is 6. The van der Waals surface area contributed by atoms with Gasteiger partial charge in [0.25, 0.3) is 0 Å². The number of nitrogens with one attached hydrogen (secondary N) is 1. The van der Waals surface area contributed by atoms with Gasteiger partial charge in [-0.25, -0.2) is 13.1 Å². The highest BCUT2D eigenvalue weighted by molar-refractivity contribution is 7.89. The van der Waals surface area contributed by atoms with Crippen LogP contribution in [0.2, 0.25) is 0 Å². The standard InChI is InChI=1S/C20H25N3O3S/c1-14(2)20(17-6-3-4-7-18(17)21)22-27(25,26)16-11-9-15(10-12-16)23-13-5-8-19(23)24/h3-4,6-7,9-12,14,20,22H,5,8,13,21H2,1-2H3/t20-/m0/s1. The molecule has 0 spiro atoms. The summed E-state index contributed by atoms with van der Waals surface area (Å²) in [6, 6.07) is 13.3. The zero-order chi connectivity index (χ0) is 19.6. The van der Waals surface area contributed by atoms with E-state index in [4.69, 9.17) is 5.73 Å². The van der Waals surface area contributed by atoms with Crippen LogP contribution in [0.5, 0.6) is 0 Å². The normalized spacial score (nSPS) is 16.1. The first kappa shape index (κ1) is 19.4. The number of hydrogen-bond donors (Lipinski definition) is 2. The minimum atomic E-state index is -3.73. The average Bonchev–Trinajstić information content (AvgIpc) is 3.06. The number of benzene rings is 2. The van der Waals surface area contributed by atoms with Gasteiger partial charge in [-0.05, 0) is 48.2 Å². The molecule has 1 fully saturated rings. The van der Waals surface area contributed by atoms with Crippen LogP contribution in [0.4, 0.5) is 11.4 Å². The van der Waals surface area contributed by atoms with E-state index in [2.05, 4.69) is 4.72 Å². The molecule has 1 aliphatic rings. The fraction of sp³-hybridized carbons (Fsp3) is 0.350. The Morgan fingerprint density at radius 2 is 1.74 bits per heavy atom. The number of hydrogen-bond acceptors (Lipinski definition) is 4. The number of amides is 1. The lowest BCUT2D eigenvalue weighted by molar-refractivity contribution is -0.117. The molecule has 7 heteroatoms. The largest absolute Gasteiger partial charge is 0.398 e. The Morgan fingerprint density at radius 3 is 2.30 bits per heavy atom. The number of carbonyl (C=O) groups excluding carboxylic acids is 1. The number of nitrogen functional groups attached to an aromatic ring is 1. The van der Waals surface area contributed by atoms with Gasteiger partial charge in [-0.3, -0.25) is 4.79 Å². The van der Waals surface area contributed by atoms with Crippen LogP contribution in [0.15, 0.2) is 53.4 Å². The van der Waals surface area contributed by atoms with Crippen molar-refractivity contribution in [2.75, 3.05) is 17.2 Å². The molecular weight excluding hydrogens is 362 g/mol. The molecule has 2 aromatic rings. The number of nitrogens with two attached hydrogens (primary N) is 1. The maximum absolute atomic E-state index is 12.9. The first-order valence-electron chi connectivity index (χ1n) is 9.07. The lowest BCUT2D eigenvalue weighted by Gasteiger charge is -2.24. The highest BCUT2D eigenvalue weighted by Crippen LogP contribution is 2.29. The van der Waals surface area contributed by atoms with E-state index in [-0.39, 0.29) is 16.7 Å². The lowest BCUT2D eigenvalue weighted by Crippen LogP contribution is -2.32. The predicted octanol–water partition coefficient (Wildman–Crippen LogP) is 3.07. The first-order valence-corrected chi connectivity index (χ1v) is 10.5. The Bertz CT molecular complexity index is 924. The van der Waals surface area contributed by atoms with Crippen molar-refractivity contribution in [1.82, 2.24) is 4.72 Å². The van der Waals surface area contributed by atoms with Crippen LogP contribution in [0.25, 0.3) is 0 Å². The van der Waals surface area contributed by atoms with Gasteiger partial charge in [0, 0.05) is 24.3 Å². The Morgan fingerprint density at radius 1 is 1.07 bits per heavy atom. The van der Waals surface area contributed by atoms with Gasteiger partial charge in [-0.2, -0.15) is 0 Å². The van der Waals surface area contributed by atoms with E-state index < -0.39 is 16.1 Å². The number of nitrogens with zero attached hydrogens (tertiary/aromatic N) is 1. The third-order valence-corrected chi connectivity index (χ3v) is 6.27. The van der Waals surface area contributed by atoms with Gasteiger partial charge in [-0.15, -0.1) is 0 Å². The third-order valence-electron chi connectivity index (χ3n) is 4.81. The molecule has 3 N–H and O–H groups in total. The molecule has 1 amide bonds. The summed E-state index contributed by atoms with van der Waals surface area (Å²) >= 11 is 0. The zero-order valence-corrected chi connectivity index (χ0v) is 16.4. The monoisotopic (exact) mass is 387 g/mol. The second kappa shape index (κ2) is 7.70. The highest BCUT2D eigenvalue weighted by Gasteiger charge is 2.26. The fourth-order valence-corrected chi connectivity index (χ4v) is 4.68. The van der Waals surface area contributed by atoms with Gasteiger partial charge in [0.2, 0.25) is 15.9 Å². The van der Waals surface area contributed by atoms with Gasteiger partial charge in [-0.1, -0.05) is 32.0 Å². The Hall–Kier alpha value is -2.38. The molecule has 0 aromatic heterocycles. The molecule has 1 atom stereocenters. The maximum atomic E-state index is 12.9. The van der Waals surface area contributed by atoms with Gasteiger partial charge in [0.15, 0.2) is 0 Å². The number of sulfonamides is 1. The van der Waals surface area contributed by atoms with E-state index in [0.717, 1.165) is 17.7 Å². The fourth-order valence-electron chi connectivity index (χ4n) is 3.31. The smallest absolute Gasteiger partial charge is 0.241 e. The van der Waals surface area contributed by atoms with E-state index >= 15 is 0 Å². The van der Waals surface area contributed by atoms with Crippen molar-refractivity contribution in [3.8, 4) is 0 Å². The summed E-state index contributed by atoms with van der Waals surface area (Å²) in [6.07, 6.45) is 1.37. The van der Waals surface area contributed by atoms with Crippen LogP contribution in [-0.4, -0.2) is 20.9 Å². The number of anilines is 2. The molecule has 0 bridgehead atoms. The summed E-state index contributed by atoms with van der Waals surface area (Å²) < 4.78 is 28.6. The van der Waals surface area contributed by atoms with Crippen molar-refractivity contribution in [2.24, 2.45) is 5.92 Å². The van der Waals surface area contributed by atoms with Crippen LogP contribution >= 0.6 is 0 Å². The zero-order valence-electron chi connectivity index (χ0n) is 15.6. The third kappa shape index (κ3) is 4.14. The van der Waals surface area contributed by atoms with Crippen molar-refractivity contribution >= 4 is 27.3 Å². The van der Waals surface area contributed by atoms with Gasteiger partial charge in [0.05, 0.1) is 10.9 Å². The SMILES string of the molecule is CC(C)[C@H](NS(=O)(=O)c1ccc(N2CCCC2=O)cc1)c1ccccc1N. The van der Waals surface area contributed by atoms with Crippen molar-refractivity contribution in [2.45, 2.75) is 37.6 Å². The minimum Gasteiger partial charge on any atom is -0.398 e. The van der Waals surface area contributed by atoms with Gasteiger partial charge < -0.3 is 10.6 Å². The molecule has 1 aliphatic heterocycles. The van der Waals surface area contributed by atoms with Crippen molar-refractivity contribution < 1.29 is 13.2 Å². The Labute approximate surface area is 160 Å². The van der Waals surface area contributed by atoms with Crippen LogP contribution in [-0.2, 0) is 14.8 Å². The molecule has 27 heavy (non-hydrogen) atoms. The summed E-state index contributed by atoms with van der Waals surface area (Å²) in [5, 5.41) is 0. The predicted molar refractivity (Wildman–Crippen MR) is 107 cm³/mol. The van der Waals surface area contributed by atoms with Crippen LogP contribution in [0.3, 0.4) is 0 Å². The molecule has 1 heterocycles. The van der Waals surface area contributed by atoms with Gasteiger partial charge in [0.1, 0.15) is 0 Å². The van der Waals surface area contributed by atoms with E-state index in [0.29, 0.717) is 18.7 Å². The van der Waals surface area contributed by atoms with E-state index in [1.165, 1.54) is 12.1 Å². The van der Waals surface area contributed by atoms with Crippen molar-refractivity contribution in [3.05, 3.63) is 54.1 Å². The van der Waals surface area contributed by atoms with E-state index in [1.54, 1.807) is 23.1 Å². The molecule has 144 valence electrons. The second-order valence-electron chi connectivity index (χ2n) is 7.11. The average molecular weight is 388 g/mol. The molecule has 1 saturated heterocycles. The summed E-state index contributed by atoms with van der Waals surface area (Å²) in [6.45, 7) is 4.56. The molecule has 6 nitrogen and oxygen atoms in total. The topological polar surface area (TPSA) is 92.5 Å². The highest BCUT2D eigenvalue weighted by atomic mass is 32.2. The quantitative estimate of drug-likeness (QED) is 0.745.